The van der Waals surface area contributed by atoms with E-state index in [0.717, 1.165) is 13.1 Å². The summed E-state index contributed by atoms with van der Waals surface area (Å²) in [4.78, 5) is 16.7. The zero-order chi connectivity index (χ0) is 14.5. The smallest absolute Gasteiger partial charge is 0.239 e. The fourth-order valence-electron chi connectivity index (χ4n) is 3.19. The van der Waals surface area contributed by atoms with Crippen LogP contribution in [0.15, 0.2) is 0 Å². The minimum Gasteiger partial charge on any atom is -0.378 e. The molecule has 0 spiro atoms. The Balaban J connectivity index is 1.77. The van der Waals surface area contributed by atoms with Crippen LogP contribution in [0.25, 0.3) is 0 Å². The van der Waals surface area contributed by atoms with Gasteiger partial charge in [-0.3, -0.25) is 4.79 Å². The van der Waals surface area contributed by atoms with Crippen LogP contribution in [0.3, 0.4) is 0 Å². The third-order valence-electron chi connectivity index (χ3n) is 4.68. The highest BCUT2D eigenvalue weighted by Crippen LogP contribution is 2.20. The third-order valence-corrected chi connectivity index (χ3v) is 4.68. The largest absolute Gasteiger partial charge is 0.378 e. The van der Waals surface area contributed by atoms with E-state index in [0.29, 0.717) is 25.2 Å². The van der Waals surface area contributed by atoms with E-state index in [-0.39, 0.29) is 11.9 Å². The quantitative estimate of drug-likeness (QED) is 0.818. The Labute approximate surface area is 122 Å². The van der Waals surface area contributed by atoms with Crippen LogP contribution in [0.1, 0.15) is 26.7 Å². The lowest BCUT2D eigenvalue weighted by atomic mass is 9.90. The molecule has 0 bridgehead atoms. The number of hydrogen-bond donors (Lipinski definition) is 1. The number of ether oxygens (including phenoxy) is 1. The molecule has 0 aromatic rings. The molecule has 2 atom stereocenters. The summed E-state index contributed by atoms with van der Waals surface area (Å²) in [6.45, 7) is 9.35. The number of carbonyl (C=O) groups is 1. The molecular formula is C15H29N3O2. The maximum atomic E-state index is 12.4. The van der Waals surface area contributed by atoms with Gasteiger partial charge in [0.05, 0.1) is 19.3 Å². The molecule has 0 radical (unpaired) electrons. The number of likely N-dealkylation sites (tertiary alicyclic amines) is 1. The van der Waals surface area contributed by atoms with E-state index in [9.17, 15) is 4.79 Å². The van der Waals surface area contributed by atoms with Crippen LogP contribution in [0.2, 0.25) is 0 Å². The van der Waals surface area contributed by atoms with E-state index in [1.54, 1.807) is 0 Å². The second kappa shape index (κ2) is 7.38. The summed E-state index contributed by atoms with van der Waals surface area (Å²) < 4.78 is 5.30. The van der Waals surface area contributed by atoms with Gasteiger partial charge in [-0.2, -0.15) is 0 Å². The fourth-order valence-corrected chi connectivity index (χ4v) is 3.19. The molecule has 5 heteroatoms. The lowest BCUT2D eigenvalue weighted by Gasteiger charge is -2.35. The SMILES string of the molecule is CC(NC(C)C1CCN(C)CC1)C(=O)N1CCOCC1. The van der Waals surface area contributed by atoms with Gasteiger partial charge >= 0.3 is 0 Å². The number of hydrogen-bond acceptors (Lipinski definition) is 4. The lowest BCUT2D eigenvalue weighted by molar-refractivity contribution is -0.137. The van der Waals surface area contributed by atoms with Crippen LogP contribution < -0.4 is 5.32 Å². The van der Waals surface area contributed by atoms with E-state index in [2.05, 4.69) is 24.2 Å². The van der Waals surface area contributed by atoms with Gasteiger partial charge in [0, 0.05) is 19.1 Å². The predicted octanol–water partition coefficient (Wildman–Crippen LogP) is 0.554. The summed E-state index contributed by atoms with van der Waals surface area (Å²) in [5.41, 5.74) is 0. The number of nitrogens with one attached hydrogen (secondary N) is 1. The molecule has 0 aliphatic carbocycles. The van der Waals surface area contributed by atoms with Crippen LogP contribution in [-0.4, -0.2) is 74.2 Å². The van der Waals surface area contributed by atoms with Crippen molar-refractivity contribution in [2.24, 2.45) is 5.92 Å². The molecule has 5 nitrogen and oxygen atoms in total. The van der Waals surface area contributed by atoms with Gasteiger partial charge in [-0.1, -0.05) is 0 Å². The molecule has 1 amide bonds. The molecule has 0 aromatic carbocycles. The van der Waals surface area contributed by atoms with E-state index < -0.39 is 0 Å². The molecule has 0 saturated carbocycles. The second-order valence-electron chi connectivity index (χ2n) is 6.26. The Kier molecular flexibility index (Phi) is 5.81. The van der Waals surface area contributed by atoms with E-state index in [1.165, 1.54) is 25.9 Å². The molecule has 2 aliphatic heterocycles. The standard InChI is InChI=1S/C15H29N3O2/c1-12(14-4-6-17(3)7-5-14)16-13(2)15(19)18-8-10-20-11-9-18/h12-14,16H,4-11H2,1-3H3. The van der Waals surface area contributed by atoms with Gasteiger partial charge in [0.15, 0.2) is 0 Å². The van der Waals surface area contributed by atoms with Crippen molar-refractivity contribution in [3.63, 3.8) is 0 Å². The van der Waals surface area contributed by atoms with Crippen molar-refractivity contribution in [3.8, 4) is 0 Å². The highest BCUT2D eigenvalue weighted by molar-refractivity contribution is 5.81. The summed E-state index contributed by atoms with van der Waals surface area (Å²) >= 11 is 0. The van der Waals surface area contributed by atoms with Crippen LogP contribution in [0.4, 0.5) is 0 Å². The Morgan fingerprint density at radius 2 is 1.75 bits per heavy atom. The Morgan fingerprint density at radius 1 is 1.15 bits per heavy atom. The number of amides is 1. The number of morpholine rings is 1. The van der Waals surface area contributed by atoms with Gasteiger partial charge in [-0.15, -0.1) is 0 Å². The zero-order valence-corrected chi connectivity index (χ0v) is 13.1. The van der Waals surface area contributed by atoms with Crippen molar-refractivity contribution in [1.29, 1.82) is 0 Å². The molecule has 2 fully saturated rings. The normalized spacial score (nSPS) is 25.4. The first-order valence-electron chi connectivity index (χ1n) is 7.89. The van der Waals surface area contributed by atoms with Gasteiger partial charge in [0.25, 0.3) is 0 Å². The monoisotopic (exact) mass is 283 g/mol. The summed E-state index contributed by atoms with van der Waals surface area (Å²) in [6, 6.07) is 0.312. The molecule has 116 valence electrons. The fraction of sp³-hybridized carbons (Fsp3) is 0.933. The molecule has 2 rings (SSSR count). The minimum absolute atomic E-state index is 0.0947. The van der Waals surface area contributed by atoms with Crippen LogP contribution >= 0.6 is 0 Å². The Hall–Kier alpha value is -0.650. The van der Waals surface area contributed by atoms with Crippen molar-refractivity contribution < 1.29 is 9.53 Å². The Bertz CT molecular complexity index is 310. The zero-order valence-electron chi connectivity index (χ0n) is 13.1. The summed E-state index contributed by atoms with van der Waals surface area (Å²) in [7, 11) is 2.18. The summed E-state index contributed by atoms with van der Waals surface area (Å²) in [6.07, 6.45) is 2.45. The first-order chi connectivity index (χ1) is 9.58. The van der Waals surface area contributed by atoms with Crippen molar-refractivity contribution in [3.05, 3.63) is 0 Å². The maximum Gasteiger partial charge on any atom is 0.239 e. The highest BCUT2D eigenvalue weighted by atomic mass is 16.5. The third kappa shape index (κ3) is 4.17. The van der Waals surface area contributed by atoms with Gasteiger partial charge in [0.2, 0.25) is 5.91 Å². The Morgan fingerprint density at radius 3 is 2.35 bits per heavy atom. The van der Waals surface area contributed by atoms with Crippen LogP contribution in [0, 0.1) is 5.92 Å². The molecule has 0 aromatic heterocycles. The molecule has 20 heavy (non-hydrogen) atoms. The van der Waals surface area contributed by atoms with Crippen molar-refractivity contribution >= 4 is 5.91 Å². The minimum atomic E-state index is -0.0947. The highest BCUT2D eigenvalue weighted by Gasteiger charge is 2.27. The van der Waals surface area contributed by atoms with Gasteiger partial charge < -0.3 is 19.9 Å². The molecule has 2 saturated heterocycles. The first kappa shape index (κ1) is 15.7. The number of carbonyl (C=O) groups excluding carboxylic acids is 1. The van der Waals surface area contributed by atoms with Crippen molar-refractivity contribution in [2.45, 2.75) is 38.8 Å². The molecule has 2 unspecified atom stereocenters. The summed E-state index contributed by atoms with van der Waals surface area (Å²) in [5.74, 6) is 0.902. The van der Waals surface area contributed by atoms with E-state index in [1.807, 2.05) is 11.8 Å². The lowest BCUT2D eigenvalue weighted by Crippen LogP contribution is -2.52. The number of piperidine rings is 1. The number of nitrogens with zero attached hydrogens (tertiary/aromatic N) is 2. The average molecular weight is 283 g/mol. The van der Waals surface area contributed by atoms with Gasteiger partial charge in [0.1, 0.15) is 0 Å². The van der Waals surface area contributed by atoms with Crippen molar-refractivity contribution in [1.82, 2.24) is 15.1 Å². The molecule has 2 heterocycles. The average Bonchev–Trinajstić information content (AvgIpc) is 2.48. The summed E-state index contributed by atoms with van der Waals surface area (Å²) in [5, 5.41) is 3.51. The molecule has 2 aliphatic rings. The van der Waals surface area contributed by atoms with E-state index in [4.69, 9.17) is 4.74 Å². The second-order valence-corrected chi connectivity index (χ2v) is 6.26. The molecular weight excluding hydrogens is 254 g/mol. The molecule has 1 N–H and O–H groups in total. The topological polar surface area (TPSA) is 44.8 Å². The van der Waals surface area contributed by atoms with Crippen LogP contribution in [0.5, 0.6) is 0 Å². The predicted molar refractivity (Wildman–Crippen MR) is 79.7 cm³/mol. The van der Waals surface area contributed by atoms with Gasteiger partial charge in [-0.25, -0.2) is 0 Å². The van der Waals surface area contributed by atoms with Crippen molar-refractivity contribution in [2.75, 3.05) is 46.4 Å². The maximum absolute atomic E-state index is 12.4. The van der Waals surface area contributed by atoms with E-state index >= 15 is 0 Å². The van der Waals surface area contributed by atoms with Gasteiger partial charge in [-0.05, 0) is 52.7 Å². The first-order valence-corrected chi connectivity index (χ1v) is 7.89. The van der Waals surface area contributed by atoms with Crippen LogP contribution in [-0.2, 0) is 9.53 Å². The number of rotatable bonds is 4.